The molecule has 30 heavy (non-hydrogen) atoms. The number of nitrogens with zero attached hydrogens (tertiary/aromatic N) is 2. The predicted octanol–water partition coefficient (Wildman–Crippen LogP) is 3.96. The van der Waals surface area contributed by atoms with Crippen LogP contribution in [-0.2, 0) is 11.8 Å². The average Bonchev–Trinajstić information content (AvgIpc) is 2.90. The van der Waals surface area contributed by atoms with E-state index in [1.165, 1.54) is 12.3 Å². The topological polar surface area (TPSA) is 93.1 Å². The molecule has 7 nitrogen and oxygen atoms in total. The van der Waals surface area contributed by atoms with Gasteiger partial charge in [0.2, 0.25) is 0 Å². The van der Waals surface area contributed by atoms with E-state index in [9.17, 15) is 14.4 Å². The van der Waals surface area contributed by atoms with Gasteiger partial charge in [-0.25, -0.2) is 4.98 Å². The largest absolute Gasteiger partial charge is 0.344 e. The van der Waals surface area contributed by atoms with Crippen LogP contribution in [0.2, 0.25) is 5.15 Å². The standard InChI is InChI=1S/C22H27ClN4O3/c1-13-17(20(29)25-15-8-11-24-16(23)12-15)14(2)27(4)18(13)19(28)21(30)26-22(3)9-6-5-7-10-22/h8,11-12H,5-7,9-10H2,1-4H3,(H,26,30)(H,24,25,29). The Bertz CT molecular complexity index is 1010. The minimum atomic E-state index is -0.629. The van der Waals surface area contributed by atoms with Crippen molar-refractivity contribution < 1.29 is 14.4 Å². The number of hydrogen-bond acceptors (Lipinski definition) is 4. The van der Waals surface area contributed by atoms with Crippen LogP contribution in [0.25, 0.3) is 0 Å². The number of carbonyl (C=O) groups excluding carboxylic acids is 3. The number of anilines is 1. The zero-order valence-corrected chi connectivity index (χ0v) is 18.5. The summed E-state index contributed by atoms with van der Waals surface area (Å²) in [6.45, 7) is 5.42. The second-order valence-electron chi connectivity index (χ2n) is 8.22. The molecular formula is C22H27ClN4O3. The summed E-state index contributed by atoms with van der Waals surface area (Å²) in [6, 6.07) is 3.17. The summed E-state index contributed by atoms with van der Waals surface area (Å²) in [5, 5.41) is 5.96. The number of ketones is 1. The summed E-state index contributed by atoms with van der Waals surface area (Å²) in [5.74, 6) is -1.63. The van der Waals surface area contributed by atoms with E-state index in [2.05, 4.69) is 15.6 Å². The van der Waals surface area contributed by atoms with Crippen molar-refractivity contribution in [3.63, 3.8) is 0 Å². The molecular weight excluding hydrogens is 404 g/mol. The lowest BCUT2D eigenvalue weighted by Gasteiger charge is -2.34. The summed E-state index contributed by atoms with van der Waals surface area (Å²) in [5.41, 5.74) is 1.80. The minimum absolute atomic E-state index is 0.224. The Hall–Kier alpha value is -2.67. The maximum atomic E-state index is 13.0. The fraction of sp³-hybridized carbons (Fsp3) is 0.455. The molecule has 1 saturated carbocycles. The highest BCUT2D eigenvalue weighted by atomic mass is 35.5. The van der Waals surface area contributed by atoms with Gasteiger partial charge in [-0.2, -0.15) is 0 Å². The van der Waals surface area contributed by atoms with Crippen molar-refractivity contribution in [2.75, 3.05) is 5.32 Å². The van der Waals surface area contributed by atoms with Crippen molar-refractivity contribution >= 4 is 34.9 Å². The highest BCUT2D eigenvalue weighted by molar-refractivity contribution is 6.43. The van der Waals surface area contributed by atoms with Crippen molar-refractivity contribution in [1.82, 2.24) is 14.9 Å². The first-order valence-corrected chi connectivity index (χ1v) is 10.5. The van der Waals surface area contributed by atoms with E-state index in [1.54, 1.807) is 31.5 Å². The zero-order chi connectivity index (χ0) is 22.1. The van der Waals surface area contributed by atoms with E-state index in [0.717, 1.165) is 32.1 Å². The van der Waals surface area contributed by atoms with Gasteiger partial charge in [-0.3, -0.25) is 14.4 Å². The number of rotatable bonds is 5. The third-order valence-corrected chi connectivity index (χ3v) is 6.14. The van der Waals surface area contributed by atoms with Gasteiger partial charge < -0.3 is 15.2 Å². The van der Waals surface area contributed by atoms with Crippen LogP contribution in [0, 0.1) is 13.8 Å². The van der Waals surface area contributed by atoms with Gasteiger partial charge in [0.1, 0.15) is 5.15 Å². The predicted molar refractivity (Wildman–Crippen MR) is 116 cm³/mol. The lowest BCUT2D eigenvalue weighted by Crippen LogP contribution is -2.50. The van der Waals surface area contributed by atoms with Gasteiger partial charge in [0.15, 0.2) is 0 Å². The van der Waals surface area contributed by atoms with Crippen LogP contribution in [0.1, 0.15) is 71.1 Å². The average molecular weight is 431 g/mol. The summed E-state index contributed by atoms with van der Waals surface area (Å²) in [4.78, 5) is 42.5. The van der Waals surface area contributed by atoms with E-state index >= 15 is 0 Å². The summed E-state index contributed by atoms with van der Waals surface area (Å²) in [7, 11) is 1.69. The number of amides is 2. The van der Waals surface area contributed by atoms with Crippen LogP contribution in [-0.4, -0.2) is 32.7 Å². The van der Waals surface area contributed by atoms with Crippen molar-refractivity contribution in [2.45, 2.75) is 58.4 Å². The van der Waals surface area contributed by atoms with Gasteiger partial charge in [0, 0.05) is 30.2 Å². The molecule has 3 rings (SSSR count). The Kier molecular flexibility index (Phi) is 6.31. The SMILES string of the molecule is Cc1c(C(=O)Nc2ccnc(Cl)c2)c(C)n(C)c1C(=O)C(=O)NC1(C)CCCCC1. The molecule has 0 unspecified atom stereocenters. The summed E-state index contributed by atoms with van der Waals surface area (Å²) < 4.78 is 1.61. The molecule has 1 aliphatic rings. The molecule has 160 valence electrons. The van der Waals surface area contributed by atoms with Crippen LogP contribution in [0.15, 0.2) is 18.3 Å². The monoisotopic (exact) mass is 430 g/mol. The number of nitrogens with one attached hydrogen (secondary N) is 2. The molecule has 0 aromatic carbocycles. The van der Waals surface area contributed by atoms with Crippen LogP contribution < -0.4 is 10.6 Å². The van der Waals surface area contributed by atoms with Crippen molar-refractivity contribution in [2.24, 2.45) is 7.05 Å². The second kappa shape index (κ2) is 8.60. The highest BCUT2D eigenvalue weighted by Gasteiger charge is 2.34. The molecule has 1 fully saturated rings. The first-order valence-electron chi connectivity index (χ1n) is 10.1. The van der Waals surface area contributed by atoms with Crippen LogP contribution in [0.4, 0.5) is 5.69 Å². The van der Waals surface area contributed by atoms with Crippen molar-refractivity contribution in [3.8, 4) is 0 Å². The van der Waals surface area contributed by atoms with Gasteiger partial charge in [0.25, 0.3) is 17.6 Å². The molecule has 0 spiro atoms. The van der Waals surface area contributed by atoms with Crippen LogP contribution in [0.3, 0.4) is 0 Å². The third-order valence-electron chi connectivity index (χ3n) is 5.94. The van der Waals surface area contributed by atoms with Crippen LogP contribution >= 0.6 is 11.6 Å². The quantitative estimate of drug-likeness (QED) is 0.426. The van der Waals surface area contributed by atoms with Gasteiger partial charge >= 0.3 is 0 Å². The lowest BCUT2D eigenvalue weighted by molar-refractivity contribution is -0.119. The number of aromatic nitrogens is 2. The molecule has 0 bridgehead atoms. The molecule has 2 heterocycles. The van der Waals surface area contributed by atoms with Gasteiger partial charge in [0.05, 0.1) is 11.3 Å². The molecule has 2 N–H and O–H groups in total. The van der Waals surface area contributed by atoms with Gasteiger partial charge in [-0.1, -0.05) is 30.9 Å². The van der Waals surface area contributed by atoms with E-state index in [1.807, 2.05) is 6.92 Å². The number of Topliss-reactive ketones (excluding diaryl/α,β-unsaturated/α-hetero) is 1. The first-order chi connectivity index (χ1) is 14.1. The Morgan fingerprint density at radius 3 is 2.47 bits per heavy atom. The zero-order valence-electron chi connectivity index (χ0n) is 17.8. The third kappa shape index (κ3) is 4.41. The molecule has 0 saturated heterocycles. The molecule has 0 atom stereocenters. The maximum Gasteiger partial charge on any atom is 0.294 e. The smallest absolute Gasteiger partial charge is 0.294 e. The lowest BCUT2D eigenvalue weighted by atomic mass is 9.83. The normalized spacial score (nSPS) is 15.5. The molecule has 1 aliphatic carbocycles. The highest BCUT2D eigenvalue weighted by Crippen LogP contribution is 2.28. The Morgan fingerprint density at radius 1 is 1.17 bits per heavy atom. The molecule has 2 aromatic rings. The molecule has 0 aliphatic heterocycles. The fourth-order valence-corrected chi connectivity index (χ4v) is 4.38. The Balaban J connectivity index is 1.85. The number of carbonyl (C=O) groups is 3. The molecule has 0 radical (unpaired) electrons. The van der Waals surface area contributed by atoms with Crippen molar-refractivity contribution in [1.29, 1.82) is 0 Å². The molecule has 2 amide bonds. The number of halogens is 1. The van der Waals surface area contributed by atoms with E-state index in [4.69, 9.17) is 11.6 Å². The number of hydrogen-bond donors (Lipinski definition) is 2. The van der Waals surface area contributed by atoms with Gasteiger partial charge in [-0.05, 0) is 51.3 Å². The maximum absolute atomic E-state index is 13.0. The van der Waals surface area contributed by atoms with Crippen molar-refractivity contribution in [3.05, 3.63) is 46.0 Å². The Labute approximate surface area is 181 Å². The fourth-order valence-electron chi connectivity index (χ4n) is 4.20. The van der Waals surface area contributed by atoms with Gasteiger partial charge in [-0.15, -0.1) is 0 Å². The molecule has 8 heteroatoms. The van der Waals surface area contributed by atoms with E-state index < -0.39 is 11.7 Å². The first kappa shape index (κ1) is 22.0. The summed E-state index contributed by atoms with van der Waals surface area (Å²) in [6.07, 6.45) is 6.44. The van der Waals surface area contributed by atoms with E-state index in [0.29, 0.717) is 22.5 Å². The molecule has 2 aromatic heterocycles. The second-order valence-corrected chi connectivity index (χ2v) is 8.61. The van der Waals surface area contributed by atoms with E-state index in [-0.39, 0.29) is 22.3 Å². The Morgan fingerprint density at radius 2 is 1.83 bits per heavy atom. The number of pyridine rings is 1. The van der Waals surface area contributed by atoms with Crippen LogP contribution in [0.5, 0.6) is 0 Å². The summed E-state index contributed by atoms with van der Waals surface area (Å²) >= 11 is 5.88. The minimum Gasteiger partial charge on any atom is -0.344 e.